The zero-order valence-corrected chi connectivity index (χ0v) is 19.6. The number of hydrogen-bond donors (Lipinski definition) is 1. The molecule has 1 saturated carbocycles. The van der Waals surface area contributed by atoms with E-state index in [0.717, 1.165) is 24.2 Å². The summed E-state index contributed by atoms with van der Waals surface area (Å²) in [5, 5.41) is 3.33. The van der Waals surface area contributed by atoms with Crippen LogP contribution in [0.1, 0.15) is 31.2 Å². The van der Waals surface area contributed by atoms with Crippen LogP contribution in [0.5, 0.6) is 5.75 Å². The van der Waals surface area contributed by atoms with Gasteiger partial charge in [-0.3, -0.25) is 4.79 Å². The molecule has 0 atom stereocenters. The zero-order chi connectivity index (χ0) is 23.5. The molecule has 0 unspecified atom stereocenters. The van der Waals surface area contributed by atoms with E-state index in [0.29, 0.717) is 68.5 Å². The number of carbonyl (C=O) groups excluding carboxylic acids is 1. The van der Waals surface area contributed by atoms with E-state index in [1.807, 2.05) is 35.2 Å². The molecule has 0 bridgehead atoms. The normalized spacial score (nSPS) is 20.8. The van der Waals surface area contributed by atoms with Crippen molar-refractivity contribution < 1.29 is 18.7 Å². The molecule has 34 heavy (non-hydrogen) atoms. The Labute approximate surface area is 199 Å². The van der Waals surface area contributed by atoms with Crippen molar-refractivity contribution >= 4 is 11.9 Å². The average molecular weight is 467 g/mol. The molecule has 2 heterocycles. The van der Waals surface area contributed by atoms with Crippen molar-refractivity contribution in [1.29, 1.82) is 0 Å². The fraction of sp³-hybridized carbons (Fsp3) is 0.462. The molecule has 1 aromatic carbocycles. The molecular weight excluding hydrogens is 435 g/mol. The Bertz CT molecular complexity index is 1070. The molecule has 0 radical (unpaired) electrons. The lowest BCUT2D eigenvalue weighted by Crippen LogP contribution is -2.49. The molecule has 8 heteroatoms. The number of hydrogen-bond acceptors (Lipinski definition) is 6. The molecular formula is C26H31FN4O3. The molecule has 4 aliphatic rings. The van der Waals surface area contributed by atoms with E-state index < -0.39 is 0 Å². The van der Waals surface area contributed by atoms with Crippen molar-refractivity contribution in [1.82, 2.24) is 15.1 Å². The number of guanidine groups is 1. The monoisotopic (exact) mass is 466 g/mol. The number of morpholine rings is 1. The van der Waals surface area contributed by atoms with Gasteiger partial charge >= 0.3 is 0 Å². The maximum absolute atomic E-state index is 15.0. The molecule has 5 rings (SSSR count). The number of aliphatic imine (C=N–C) groups is 1. The first-order valence-electron chi connectivity index (χ1n) is 12.0. The minimum atomic E-state index is -0.190. The lowest BCUT2D eigenvalue weighted by Gasteiger charge is -2.34. The van der Waals surface area contributed by atoms with Crippen LogP contribution < -0.4 is 10.1 Å². The smallest absolute Gasteiger partial charge is 0.254 e. The SMILES string of the molecule is COc1cccc(CN(C(=O)C2=C(C3=C(F)CCC=C3)NC(N3CCOCC3)=NC2)C2CC2)c1. The molecule has 0 aromatic heterocycles. The van der Waals surface area contributed by atoms with Gasteiger partial charge in [0.15, 0.2) is 5.96 Å². The number of carbonyl (C=O) groups is 1. The Hall–Kier alpha value is -3.13. The molecule has 2 aliphatic heterocycles. The first-order chi connectivity index (χ1) is 16.6. The Morgan fingerprint density at radius 3 is 2.88 bits per heavy atom. The lowest BCUT2D eigenvalue weighted by atomic mass is 9.97. The summed E-state index contributed by atoms with van der Waals surface area (Å²) in [6.07, 6.45) is 6.72. The predicted octanol–water partition coefficient (Wildman–Crippen LogP) is 3.31. The van der Waals surface area contributed by atoms with Gasteiger partial charge in [0.05, 0.1) is 38.1 Å². The third-order valence-corrected chi connectivity index (χ3v) is 6.61. The van der Waals surface area contributed by atoms with E-state index in [2.05, 4.69) is 10.2 Å². The second-order valence-electron chi connectivity index (χ2n) is 8.99. The lowest BCUT2D eigenvalue weighted by molar-refractivity contribution is -0.128. The van der Waals surface area contributed by atoms with E-state index in [4.69, 9.17) is 14.5 Å². The van der Waals surface area contributed by atoms with Gasteiger partial charge in [0, 0.05) is 37.7 Å². The van der Waals surface area contributed by atoms with E-state index in [1.54, 1.807) is 13.2 Å². The molecule has 1 N–H and O–H groups in total. The van der Waals surface area contributed by atoms with E-state index in [9.17, 15) is 9.18 Å². The highest BCUT2D eigenvalue weighted by Crippen LogP contribution is 2.33. The largest absolute Gasteiger partial charge is 0.497 e. The topological polar surface area (TPSA) is 66.4 Å². The van der Waals surface area contributed by atoms with Crippen LogP contribution in [-0.2, 0) is 16.1 Å². The van der Waals surface area contributed by atoms with Crippen LogP contribution >= 0.6 is 0 Å². The Balaban J connectivity index is 1.46. The standard InChI is InChI=1S/C26H31FN4O3/c1-33-20-6-4-5-18(15-20)17-31(19-9-10-19)25(32)22-16-28-26(30-11-13-34-14-12-30)29-24(22)21-7-2-3-8-23(21)27/h2,4-7,15,19H,3,8-14,16-17H2,1H3,(H,28,29). The molecule has 2 aliphatic carbocycles. The van der Waals surface area contributed by atoms with Crippen LogP contribution in [0.25, 0.3) is 0 Å². The third-order valence-electron chi connectivity index (χ3n) is 6.61. The number of amides is 1. The molecule has 1 saturated heterocycles. The molecule has 1 amide bonds. The van der Waals surface area contributed by atoms with Crippen LogP contribution in [-0.4, -0.2) is 67.7 Å². The average Bonchev–Trinajstić information content (AvgIpc) is 3.73. The number of rotatable bonds is 6. The summed E-state index contributed by atoms with van der Waals surface area (Å²) in [6, 6.07) is 7.98. The highest BCUT2D eigenvalue weighted by molar-refractivity contribution is 5.99. The highest BCUT2D eigenvalue weighted by atomic mass is 19.1. The number of nitrogens with one attached hydrogen (secondary N) is 1. The molecule has 2 fully saturated rings. The quantitative estimate of drug-likeness (QED) is 0.697. The summed E-state index contributed by atoms with van der Waals surface area (Å²) in [7, 11) is 1.64. The second-order valence-corrected chi connectivity index (χ2v) is 8.99. The maximum Gasteiger partial charge on any atom is 0.254 e. The van der Waals surface area contributed by atoms with Crippen LogP contribution in [0.3, 0.4) is 0 Å². The van der Waals surface area contributed by atoms with E-state index >= 15 is 0 Å². The van der Waals surface area contributed by atoms with Crippen LogP contribution in [0.4, 0.5) is 4.39 Å². The molecule has 180 valence electrons. The minimum absolute atomic E-state index is 0.0862. The zero-order valence-electron chi connectivity index (χ0n) is 19.6. The number of halogens is 1. The molecule has 7 nitrogen and oxygen atoms in total. The van der Waals surface area contributed by atoms with Crippen molar-refractivity contribution in [3.8, 4) is 5.75 Å². The second kappa shape index (κ2) is 10.0. The van der Waals surface area contributed by atoms with Crippen molar-refractivity contribution in [3.63, 3.8) is 0 Å². The Morgan fingerprint density at radius 1 is 1.32 bits per heavy atom. The Kier molecular flexibility index (Phi) is 6.67. The van der Waals surface area contributed by atoms with Gasteiger partial charge in [0.1, 0.15) is 11.6 Å². The maximum atomic E-state index is 15.0. The number of methoxy groups -OCH3 is 1. The van der Waals surface area contributed by atoms with Crippen LogP contribution in [0, 0.1) is 0 Å². The molecule has 1 aromatic rings. The minimum Gasteiger partial charge on any atom is -0.497 e. The fourth-order valence-corrected chi connectivity index (χ4v) is 4.57. The summed E-state index contributed by atoms with van der Waals surface area (Å²) in [5.74, 6) is 1.17. The summed E-state index contributed by atoms with van der Waals surface area (Å²) in [4.78, 5) is 22.6. The summed E-state index contributed by atoms with van der Waals surface area (Å²) in [5.41, 5.74) is 2.54. The van der Waals surface area contributed by atoms with Gasteiger partial charge in [-0.05, 0) is 37.0 Å². The van der Waals surface area contributed by atoms with Crippen LogP contribution in [0.2, 0.25) is 0 Å². The number of benzene rings is 1. The van der Waals surface area contributed by atoms with Crippen molar-refractivity contribution in [3.05, 3.63) is 64.7 Å². The van der Waals surface area contributed by atoms with Gasteiger partial charge in [-0.25, -0.2) is 9.38 Å². The first-order valence-corrected chi connectivity index (χ1v) is 12.0. The van der Waals surface area contributed by atoms with Gasteiger partial charge in [0.25, 0.3) is 5.91 Å². The predicted molar refractivity (Wildman–Crippen MR) is 128 cm³/mol. The third kappa shape index (κ3) is 4.87. The van der Waals surface area contributed by atoms with Crippen molar-refractivity contribution in [2.45, 2.75) is 38.3 Å². The first kappa shape index (κ1) is 22.7. The van der Waals surface area contributed by atoms with Gasteiger partial charge in [0.2, 0.25) is 0 Å². The van der Waals surface area contributed by atoms with Gasteiger partial charge < -0.3 is 24.6 Å². The number of nitrogens with zero attached hydrogens (tertiary/aromatic N) is 3. The summed E-state index contributed by atoms with van der Waals surface area (Å²) < 4.78 is 25.8. The summed E-state index contributed by atoms with van der Waals surface area (Å²) >= 11 is 0. The summed E-state index contributed by atoms with van der Waals surface area (Å²) in [6.45, 7) is 3.37. The van der Waals surface area contributed by atoms with Gasteiger partial charge in [-0.15, -0.1) is 0 Å². The fourth-order valence-electron chi connectivity index (χ4n) is 4.57. The Morgan fingerprint density at radius 2 is 2.15 bits per heavy atom. The van der Waals surface area contributed by atoms with E-state index in [-0.39, 0.29) is 24.3 Å². The number of ether oxygens (including phenoxy) is 2. The van der Waals surface area contributed by atoms with Gasteiger partial charge in [-0.2, -0.15) is 0 Å². The van der Waals surface area contributed by atoms with Crippen molar-refractivity contribution in [2.24, 2.45) is 4.99 Å². The van der Waals surface area contributed by atoms with Gasteiger partial charge in [-0.1, -0.05) is 24.3 Å². The van der Waals surface area contributed by atoms with Crippen LogP contribution in [0.15, 0.2) is 64.1 Å². The van der Waals surface area contributed by atoms with E-state index in [1.165, 1.54) is 0 Å². The van der Waals surface area contributed by atoms with Crippen molar-refractivity contribution in [2.75, 3.05) is 40.0 Å². The number of allylic oxidation sites excluding steroid dienone is 3. The highest BCUT2D eigenvalue weighted by Gasteiger charge is 2.37. The molecule has 0 spiro atoms.